The number of hydrogen-bond donors (Lipinski definition) is 1. The van der Waals surface area contributed by atoms with Crippen LogP contribution in [-0.4, -0.2) is 60.4 Å². The highest BCUT2D eigenvalue weighted by molar-refractivity contribution is 7.12. The van der Waals surface area contributed by atoms with Crippen LogP contribution in [0.2, 0.25) is 0 Å². The average Bonchev–Trinajstić information content (AvgIpc) is 3.18. The van der Waals surface area contributed by atoms with Crippen molar-refractivity contribution in [3.05, 3.63) is 22.4 Å². The van der Waals surface area contributed by atoms with Gasteiger partial charge in [0.05, 0.1) is 4.88 Å². The van der Waals surface area contributed by atoms with E-state index in [4.69, 9.17) is 0 Å². The number of carbonyl (C=O) groups excluding carboxylic acids is 2. The highest BCUT2D eigenvalue weighted by Crippen LogP contribution is 2.23. The van der Waals surface area contributed by atoms with E-state index in [1.807, 2.05) is 22.4 Å². The maximum absolute atomic E-state index is 12.6. The summed E-state index contributed by atoms with van der Waals surface area (Å²) in [7, 11) is 0. The van der Waals surface area contributed by atoms with Gasteiger partial charge in [-0.05, 0) is 24.3 Å². The molecule has 2 fully saturated rings. The number of piperazine rings is 1. The Hall–Kier alpha value is -1.40. The molecule has 0 radical (unpaired) electrons. The normalized spacial score (nSPS) is 23.1. The summed E-state index contributed by atoms with van der Waals surface area (Å²) < 4.78 is 0. The van der Waals surface area contributed by atoms with Gasteiger partial charge in [-0.3, -0.25) is 9.59 Å². The third-order valence-corrected chi connectivity index (χ3v) is 4.82. The van der Waals surface area contributed by atoms with E-state index >= 15 is 0 Å². The lowest BCUT2D eigenvalue weighted by atomic mass is 10.1. The lowest BCUT2D eigenvalue weighted by Gasteiger charge is -2.32. The van der Waals surface area contributed by atoms with Gasteiger partial charge in [-0.15, -0.1) is 11.3 Å². The van der Waals surface area contributed by atoms with Gasteiger partial charge in [-0.2, -0.15) is 0 Å². The summed E-state index contributed by atoms with van der Waals surface area (Å²) in [5.41, 5.74) is 0. The fourth-order valence-corrected chi connectivity index (χ4v) is 3.58. The minimum atomic E-state index is -0.261. The maximum atomic E-state index is 12.6. The van der Waals surface area contributed by atoms with E-state index in [-0.39, 0.29) is 17.9 Å². The molecule has 2 saturated heterocycles. The van der Waals surface area contributed by atoms with Crippen molar-refractivity contribution in [2.24, 2.45) is 0 Å². The fourth-order valence-electron chi connectivity index (χ4n) is 2.90. The molecule has 3 heterocycles. The van der Waals surface area contributed by atoms with E-state index < -0.39 is 0 Å². The van der Waals surface area contributed by atoms with Gasteiger partial charge in [0, 0.05) is 32.7 Å². The number of nitrogens with one attached hydrogen (secondary N) is 1. The molecule has 1 aromatic rings. The molecular weight excluding hydrogens is 274 g/mol. The quantitative estimate of drug-likeness (QED) is 0.877. The van der Waals surface area contributed by atoms with Gasteiger partial charge in [0.15, 0.2) is 0 Å². The Kier molecular flexibility index (Phi) is 4.03. The van der Waals surface area contributed by atoms with Crippen molar-refractivity contribution in [1.29, 1.82) is 0 Å². The van der Waals surface area contributed by atoms with Gasteiger partial charge >= 0.3 is 0 Å². The van der Waals surface area contributed by atoms with Crippen LogP contribution in [0.5, 0.6) is 0 Å². The molecule has 1 unspecified atom stereocenters. The van der Waals surface area contributed by atoms with Crippen LogP contribution in [0.25, 0.3) is 0 Å². The summed E-state index contributed by atoms with van der Waals surface area (Å²) >= 11 is 1.44. The standard InChI is InChI=1S/C14H19N3O2S/c18-13(16-8-5-15-6-9-16)11-3-1-7-17(11)14(19)12-4-2-10-20-12/h2,4,10-11,15H,1,3,5-9H2. The molecule has 0 spiro atoms. The summed E-state index contributed by atoms with van der Waals surface area (Å²) in [6.45, 7) is 3.88. The molecule has 0 saturated carbocycles. The number of amides is 2. The Morgan fingerprint density at radius 2 is 2.05 bits per heavy atom. The second kappa shape index (κ2) is 5.93. The lowest BCUT2D eigenvalue weighted by molar-refractivity contribution is -0.135. The molecule has 2 aliphatic rings. The van der Waals surface area contributed by atoms with Crippen molar-refractivity contribution in [3.8, 4) is 0 Å². The number of likely N-dealkylation sites (tertiary alicyclic amines) is 1. The average molecular weight is 293 g/mol. The number of carbonyl (C=O) groups is 2. The van der Waals surface area contributed by atoms with Crippen molar-refractivity contribution in [1.82, 2.24) is 15.1 Å². The third-order valence-electron chi connectivity index (χ3n) is 3.96. The summed E-state index contributed by atoms with van der Waals surface area (Å²) in [5.74, 6) is 0.125. The molecule has 1 N–H and O–H groups in total. The number of rotatable bonds is 2. The smallest absolute Gasteiger partial charge is 0.264 e. The Morgan fingerprint density at radius 3 is 2.75 bits per heavy atom. The molecule has 6 heteroatoms. The predicted molar refractivity (Wildman–Crippen MR) is 77.8 cm³/mol. The summed E-state index contributed by atoms with van der Waals surface area (Å²) in [6, 6.07) is 3.45. The van der Waals surface area contributed by atoms with Gasteiger partial charge in [-0.25, -0.2) is 0 Å². The molecule has 2 aliphatic heterocycles. The second-order valence-electron chi connectivity index (χ2n) is 5.21. The predicted octanol–water partition coefficient (Wildman–Crippen LogP) is 0.784. The molecule has 0 aromatic carbocycles. The molecule has 2 amide bonds. The highest BCUT2D eigenvalue weighted by Gasteiger charge is 2.37. The molecule has 0 aliphatic carbocycles. The maximum Gasteiger partial charge on any atom is 0.264 e. The molecule has 0 bridgehead atoms. The molecule has 1 aromatic heterocycles. The largest absolute Gasteiger partial charge is 0.338 e. The zero-order chi connectivity index (χ0) is 13.9. The Morgan fingerprint density at radius 1 is 1.25 bits per heavy atom. The minimum Gasteiger partial charge on any atom is -0.338 e. The van der Waals surface area contributed by atoms with Gasteiger partial charge in [0.2, 0.25) is 5.91 Å². The monoisotopic (exact) mass is 293 g/mol. The van der Waals surface area contributed by atoms with E-state index in [9.17, 15) is 9.59 Å². The van der Waals surface area contributed by atoms with Crippen LogP contribution in [-0.2, 0) is 4.79 Å². The first-order chi connectivity index (χ1) is 9.77. The van der Waals surface area contributed by atoms with E-state index in [0.717, 1.165) is 43.9 Å². The van der Waals surface area contributed by atoms with Crippen molar-refractivity contribution in [3.63, 3.8) is 0 Å². The van der Waals surface area contributed by atoms with Crippen LogP contribution < -0.4 is 5.32 Å². The molecule has 1 atom stereocenters. The van der Waals surface area contributed by atoms with Crippen molar-refractivity contribution < 1.29 is 9.59 Å². The zero-order valence-electron chi connectivity index (χ0n) is 11.4. The zero-order valence-corrected chi connectivity index (χ0v) is 12.2. The molecule has 3 rings (SSSR count). The first kappa shape index (κ1) is 13.6. The van der Waals surface area contributed by atoms with E-state index in [1.54, 1.807) is 4.90 Å². The van der Waals surface area contributed by atoms with Crippen LogP contribution >= 0.6 is 11.3 Å². The Bertz CT molecular complexity index is 483. The summed E-state index contributed by atoms with van der Waals surface area (Å²) in [5, 5.41) is 5.14. The number of hydrogen-bond acceptors (Lipinski definition) is 4. The van der Waals surface area contributed by atoms with E-state index in [1.165, 1.54) is 11.3 Å². The SMILES string of the molecule is O=C(C1CCCN1C(=O)c1cccs1)N1CCNCC1. The number of nitrogens with zero attached hydrogens (tertiary/aromatic N) is 2. The van der Waals surface area contributed by atoms with Crippen molar-refractivity contribution in [2.75, 3.05) is 32.7 Å². The minimum absolute atomic E-state index is 0.00554. The van der Waals surface area contributed by atoms with Gasteiger partial charge in [0.25, 0.3) is 5.91 Å². The van der Waals surface area contributed by atoms with Crippen molar-refractivity contribution in [2.45, 2.75) is 18.9 Å². The third kappa shape index (κ3) is 2.58. The second-order valence-corrected chi connectivity index (χ2v) is 6.16. The van der Waals surface area contributed by atoms with Crippen molar-refractivity contribution >= 4 is 23.2 Å². The number of thiophene rings is 1. The molecule has 5 nitrogen and oxygen atoms in total. The van der Waals surface area contributed by atoms with Gasteiger partial charge in [-0.1, -0.05) is 6.07 Å². The molecule has 108 valence electrons. The first-order valence-electron chi connectivity index (χ1n) is 7.11. The van der Waals surface area contributed by atoms with E-state index in [0.29, 0.717) is 6.54 Å². The lowest BCUT2D eigenvalue weighted by Crippen LogP contribution is -2.53. The van der Waals surface area contributed by atoms with Gasteiger partial charge < -0.3 is 15.1 Å². The highest BCUT2D eigenvalue weighted by atomic mass is 32.1. The van der Waals surface area contributed by atoms with Crippen LogP contribution in [0.1, 0.15) is 22.5 Å². The topological polar surface area (TPSA) is 52.7 Å². The Labute approximate surface area is 122 Å². The van der Waals surface area contributed by atoms with Crippen LogP contribution in [0.15, 0.2) is 17.5 Å². The Balaban J connectivity index is 1.71. The molecular formula is C14H19N3O2S. The van der Waals surface area contributed by atoms with Crippen LogP contribution in [0.4, 0.5) is 0 Å². The van der Waals surface area contributed by atoms with E-state index in [2.05, 4.69) is 5.32 Å². The summed E-state index contributed by atoms with van der Waals surface area (Å²) in [6.07, 6.45) is 1.71. The fraction of sp³-hybridized carbons (Fsp3) is 0.571. The van der Waals surface area contributed by atoms with Gasteiger partial charge in [0.1, 0.15) is 6.04 Å². The molecule has 20 heavy (non-hydrogen) atoms. The van der Waals surface area contributed by atoms with Crippen LogP contribution in [0.3, 0.4) is 0 Å². The van der Waals surface area contributed by atoms with Crippen LogP contribution in [0, 0.1) is 0 Å². The first-order valence-corrected chi connectivity index (χ1v) is 7.99. The summed E-state index contributed by atoms with van der Waals surface area (Å²) in [4.78, 5) is 29.4.